The molecule has 0 spiro atoms. The van der Waals surface area contributed by atoms with Crippen LogP contribution in [0.2, 0.25) is 0 Å². The van der Waals surface area contributed by atoms with Crippen LogP contribution < -0.4 is 4.72 Å². The van der Waals surface area contributed by atoms with Gasteiger partial charge in [0.15, 0.2) is 6.29 Å². The third-order valence-electron chi connectivity index (χ3n) is 9.00. The summed E-state index contributed by atoms with van der Waals surface area (Å²) in [5.41, 5.74) is 6.13. The maximum Gasteiger partial charge on any atom is 0.240 e. The number of aromatic hydroxyl groups is 1. The average molecular weight is 736 g/mol. The summed E-state index contributed by atoms with van der Waals surface area (Å²) < 4.78 is 43.1. The molecule has 6 aromatic rings. The normalized spacial score (nSPS) is 19.0. The summed E-state index contributed by atoms with van der Waals surface area (Å²) in [5, 5.41) is 32.2. The molecule has 1 aliphatic heterocycles. The van der Waals surface area contributed by atoms with Crippen molar-refractivity contribution in [3.8, 4) is 22.6 Å². The van der Waals surface area contributed by atoms with E-state index in [0.717, 1.165) is 39.1 Å². The molecule has 1 saturated heterocycles. The Morgan fingerprint density at radius 2 is 1.54 bits per heavy atom. The molecule has 0 bridgehead atoms. The number of aliphatic hydroxyl groups is 1. The minimum atomic E-state index is -3.63. The molecular formula is C39H37N5O6S2. The van der Waals surface area contributed by atoms with Gasteiger partial charge in [-0.25, -0.2) is 13.1 Å². The van der Waals surface area contributed by atoms with E-state index in [0.29, 0.717) is 10.9 Å². The third-order valence-corrected chi connectivity index (χ3v) is 11.4. The Kier molecular flexibility index (Phi) is 10.8. The molecule has 0 amide bonds. The van der Waals surface area contributed by atoms with Gasteiger partial charge in [-0.15, -0.1) is 5.10 Å². The van der Waals surface area contributed by atoms with E-state index >= 15 is 0 Å². The number of nitrogens with one attached hydrogen (secondary N) is 1. The van der Waals surface area contributed by atoms with Crippen molar-refractivity contribution in [1.29, 1.82) is 0 Å². The number of sulfonamides is 1. The second-order valence-electron chi connectivity index (χ2n) is 12.5. The summed E-state index contributed by atoms with van der Waals surface area (Å²) in [4.78, 5) is 0.225. The minimum absolute atomic E-state index is 0.0388. The molecule has 1 aliphatic rings. The number of ether oxygens (including phenoxy) is 2. The first kappa shape index (κ1) is 35.5. The number of rotatable bonds is 12. The topological polar surface area (TPSA) is 149 Å². The minimum Gasteiger partial charge on any atom is -0.508 e. The molecule has 3 N–H and O–H groups in total. The van der Waals surface area contributed by atoms with Crippen LogP contribution in [0.4, 0.5) is 0 Å². The number of aromatic nitrogens is 4. The molecular weight excluding hydrogens is 699 g/mol. The number of phenolic OH excluding ortho intramolecular Hbond substituents is 1. The van der Waals surface area contributed by atoms with Crippen LogP contribution >= 0.6 is 11.8 Å². The van der Waals surface area contributed by atoms with Gasteiger partial charge in [-0.3, -0.25) is 0 Å². The lowest BCUT2D eigenvalue weighted by Crippen LogP contribution is -2.38. The molecule has 52 heavy (non-hydrogen) atoms. The number of benzene rings is 5. The van der Waals surface area contributed by atoms with Crippen LogP contribution in [0.5, 0.6) is 5.75 Å². The van der Waals surface area contributed by atoms with Crippen molar-refractivity contribution in [2.24, 2.45) is 5.92 Å². The van der Waals surface area contributed by atoms with E-state index in [9.17, 15) is 18.6 Å². The number of thioether (sulfide) groups is 1. The zero-order valence-electron chi connectivity index (χ0n) is 28.2. The largest absolute Gasteiger partial charge is 0.508 e. The third kappa shape index (κ3) is 8.10. The van der Waals surface area contributed by atoms with Crippen LogP contribution in [0.25, 0.3) is 16.8 Å². The molecule has 13 heteroatoms. The van der Waals surface area contributed by atoms with E-state index < -0.39 is 16.3 Å². The Morgan fingerprint density at radius 1 is 0.808 bits per heavy atom. The standard InChI is InChI=1S/C39H37N5O6S2/c1-26-36(25-51-39-41-42-43-44(39)33-18-20-34(46)21-19-33)49-38(50-37(26)30-12-10-27(24-45)11-13-30)31-16-14-29(15-17-31)32-7-5-6-28(22-32)23-40-52(47,48)35-8-3-2-4-9-35/h2-22,26,36-38,40,45-46H,23-25H2,1H3/t26-,36+,37+,38+/m0/s1. The van der Waals surface area contributed by atoms with Crippen molar-refractivity contribution in [1.82, 2.24) is 24.9 Å². The van der Waals surface area contributed by atoms with Crippen molar-refractivity contribution < 1.29 is 28.1 Å². The van der Waals surface area contributed by atoms with Gasteiger partial charge in [0, 0.05) is 23.8 Å². The summed E-state index contributed by atoms with van der Waals surface area (Å²) in [6.07, 6.45) is -1.20. The lowest BCUT2D eigenvalue weighted by Gasteiger charge is -2.41. The first-order chi connectivity index (χ1) is 25.3. The Hall–Kier alpha value is -4.89. The highest BCUT2D eigenvalue weighted by Crippen LogP contribution is 2.43. The summed E-state index contributed by atoms with van der Waals surface area (Å²) >= 11 is 1.48. The SMILES string of the molecule is C[C@H]1[C@@H](CSc2nnnn2-c2ccc(O)cc2)O[C@@H](c2ccc(-c3cccc(CNS(=O)(=O)c4ccccc4)c3)cc2)O[C@H]1c1ccc(CO)cc1. The molecule has 7 rings (SSSR count). The fraction of sp³-hybridized carbons (Fsp3) is 0.205. The van der Waals surface area contributed by atoms with Crippen molar-refractivity contribution in [2.75, 3.05) is 5.75 Å². The lowest BCUT2D eigenvalue weighted by atomic mass is 9.91. The van der Waals surface area contributed by atoms with Gasteiger partial charge in [0.05, 0.1) is 29.4 Å². The van der Waals surface area contributed by atoms with Gasteiger partial charge >= 0.3 is 0 Å². The zero-order chi connectivity index (χ0) is 36.1. The first-order valence-corrected chi connectivity index (χ1v) is 19.2. The van der Waals surface area contributed by atoms with E-state index in [2.05, 4.69) is 27.2 Å². The number of aliphatic hydroxyl groups excluding tert-OH is 1. The Balaban J connectivity index is 1.09. The van der Waals surface area contributed by atoms with Gasteiger partial charge < -0.3 is 19.7 Å². The van der Waals surface area contributed by atoms with E-state index in [1.54, 1.807) is 59.3 Å². The highest BCUT2D eigenvalue weighted by atomic mass is 32.2. The summed E-state index contributed by atoms with van der Waals surface area (Å²) in [7, 11) is -3.63. The monoisotopic (exact) mass is 735 g/mol. The van der Waals surface area contributed by atoms with Gasteiger partial charge in [0.25, 0.3) is 0 Å². The Bertz CT molecular complexity index is 2200. The Labute approximate surface area is 306 Å². The number of hydrogen-bond donors (Lipinski definition) is 3. The number of hydrogen-bond acceptors (Lipinski definition) is 10. The lowest BCUT2D eigenvalue weighted by molar-refractivity contribution is -0.268. The number of tetrazole rings is 1. The van der Waals surface area contributed by atoms with Crippen molar-refractivity contribution in [3.05, 3.63) is 150 Å². The van der Waals surface area contributed by atoms with Crippen molar-refractivity contribution in [2.45, 2.75) is 48.6 Å². The van der Waals surface area contributed by atoms with E-state index in [1.165, 1.54) is 11.8 Å². The van der Waals surface area contributed by atoms with Gasteiger partial charge in [-0.05, 0) is 80.7 Å². The van der Waals surface area contributed by atoms with E-state index in [4.69, 9.17) is 9.47 Å². The van der Waals surface area contributed by atoms with Crippen LogP contribution in [-0.2, 0) is 32.6 Å². The maximum absolute atomic E-state index is 12.8. The Morgan fingerprint density at radius 3 is 2.27 bits per heavy atom. The quantitative estimate of drug-likeness (QED) is 0.118. The summed E-state index contributed by atoms with van der Waals surface area (Å²) in [6, 6.07) is 38.5. The summed E-state index contributed by atoms with van der Waals surface area (Å²) in [5.74, 6) is 0.664. The van der Waals surface area contributed by atoms with Gasteiger partial charge in [-0.2, -0.15) is 4.68 Å². The van der Waals surface area contributed by atoms with Crippen LogP contribution in [0.15, 0.2) is 137 Å². The molecule has 0 saturated carbocycles. The van der Waals surface area contributed by atoms with Crippen LogP contribution in [0.3, 0.4) is 0 Å². The maximum atomic E-state index is 12.8. The molecule has 0 unspecified atom stereocenters. The fourth-order valence-electron chi connectivity index (χ4n) is 6.05. The van der Waals surface area contributed by atoms with Gasteiger partial charge in [-0.1, -0.05) is 104 Å². The number of nitrogens with zero attached hydrogens (tertiary/aromatic N) is 4. The van der Waals surface area contributed by atoms with E-state index in [1.807, 2.05) is 72.8 Å². The van der Waals surface area contributed by atoms with E-state index in [-0.39, 0.29) is 41.9 Å². The van der Waals surface area contributed by atoms with Crippen LogP contribution in [0, 0.1) is 5.92 Å². The molecule has 0 aliphatic carbocycles. The van der Waals surface area contributed by atoms with Gasteiger partial charge in [0.1, 0.15) is 5.75 Å². The van der Waals surface area contributed by atoms with Gasteiger partial charge in [0.2, 0.25) is 15.2 Å². The second kappa shape index (κ2) is 15.8. The molecule has 5 aromatic carbocycles. The molecule has 11 nitrogen and oxygen atoms in total. The highest BCUT2D eigenvalue weighted by molar-refractivity contribution is 7.99. The van der Waals surface area contributed by atoms with Crippen LogP contribution in [0.1, 0.15) is 41.6 Å². The second-order valence-corrected chi connectivity index (χ2v) is 15.2. The average Bonchev–Trinajstić information content (AvgIpc) is 3.66. The highest BCUT2D eigenvalue weighted by Gasteiger charge is 2.38. The predicted molar refractivity (Wildman–Crippen MR) is 197 cm³/mol. The molecule has 2 heterocycles. The van der Waals surface area contributed by atoms with Crippen molar-refractivity contribution in [3.63, 3.8) is 0 Å². The smallest absolute Gasteiger partial charge is 0.240 e. The number of phenols is 1. The molecule has 266 valence electrons. The first-order valence-electron chi connectivity index (χ1n) is 16.7. The molecule has 1 fully saturated rings. The summed E-state index contributed by atoms with van der Waals surface area (Å²) in [6.45, 7) is 2.22. The van der Waals surface area contributed by atoms with Crippen molar-refractivity contribution >= 4 is 21.8 Å². The zero-order valence-corrected chi connectivity index (χ0v) is 29.8. The molecule has 1 aromatic heterocycles. The predicted octanol–water partition coefficient (Wildman–Crippen LogP) is 6.59. The molecule has 0 radical (unpaired) electrons. The molecule has 4 atom stereocenters. The van der Waals surface area contributed by atoms with Crippen LogP contribution in [-0.4, -0.2) is 50.7 Å². The fourth-order valence-corrected chi connectivity index (χ4v) is 8.14.